The summed E-state index contributed by atoms with van der Waals surface area (Å²) in [7, 11) is 0. The van der Waals surface area contributed by atoms with Crippen molar-refractivity contribution in [2.75, 3.05) is 6.54 Å². The highest BCUT2D eigenvalue weighted by Crippen LogP contribution is 2.30. The Morgan fingerprint density at radius 3 is 2.65 bits per heavy atom. The average Bonchev–Trinajstić information content (AvgIpc) is 2.72. The molecule has 0 fully saturated rings. The van der Waals surface area contributed by atoms with Gasteiger partial charge < -0.3 is 5.32 Å². The normalized spacial score (nSPS) is 14.6. The molecule has 1 aliphatic heterocycles. The van der Waals surface area contributed by atoms with Crippen LogP contribution in [-0.4, -0.2) is 40.1 Å². The Bertz CT molecular complexity index is 686. The molecule has 8 heteroatoms. The van der Waals surface area contributed by atoms with E-state index in [4.69, 9.17) is 0 Å². The molecule has 0 spiro atoms. The van der Waals surface area contributed by atoms with E-state index in [9.17, 15) is 24.5 Å². The second-order valence-electron chi connectivity index (χ2n) is 5.41. The highest BCUT2D eigenvalue weighted by molar-refractivity contribution is 6.24. The van der Waals surface area contributed by atoms with Gasteiger partial charge in [-0.25, -0.2) is 0 Å². The quantitative estimate of drug-likeness (QED) is 0.485. The van der Waals surface area contributed by atoms with Crippen LogP contribution < -0.4 is 5.32 Å². The Kier molecular flexibility index (Phi) is 4.73. The standard InChI is InChI=1S/C15H17N3O5/c1-3-5-9(2)16-12(19)8-17-14(20)10-6-4-7-11(18(22)23)13(10)15(17)21/h4,6-7,9H,3,5,8H2,1-2H3,(H,16,19). The predicted molar refractivity (Wildman–Crippen MR) is 81.0 cm³/mol. The second kappa shape index (κ2) is 6.55. The SMILES string of the molecule is CCCC(C)NC(=O)CN1C(=O)c2cccc([N+](=O)[O-])c2C1=O. The number of benzene rings is 1. The van der Waals surface area contributed by atoms with Crippen molar-refractivity contribution in [2.45, 2.75) is 32.7 Å². The minimum atomic E-state index is -0.810. The molecule has 0 bridgehead atoms. The number of nitro benzene ring substituents is 1. The highest BCUT2D eigenvalue weighted by Gasteiger charge is 2.41. The van der Waals surface area contributed by atoms with E-state index in [0.29, 0.717) is 0 Å². The van der Waals surface area contributed by atoms with Gasteiger partial charge in [-0.05, 0) is 19.4 Å². The molecule has 0 radical (unpaired) electrons. The molecule has 1 unspecified atom stereocenters. The molecule has 8 nitrogen and oxygen atoms in total. The van der Waals surface area contributed by atoms with Crippen LogP contribution in [0.25, 0.3) is 0 Å². The van der Waals surface area contributed by atoms with Crippen molar-refractivity contribution >= 4 is 23.4 Å². The van der Waals surface area contributed by atoms with Crippen molar-refractivity contribution in [2.24, 2.45) is 0 Å². The maximum Gasteiger partial charge on any atom is 0.282 e. The molecule has 1 N–H and O–H groups in total. The molecule has 0 saturated carbocycles. The minimum Gasteiger partial charge on any atom is -0.352 e. The van der Waals surface area contributed by atoms with Crippen LogP contribution in [0.4, 0.5) is 5.69 Å². The summed E-state index contributed by atoms with van der Waals surface area (Å²) in [6.07, 6.45) is 1.67. The number of hydrogen-bond donors (Lipinski definition) is 1. The zero-order valence-electron chi connectivity index (χ0n) is 12.9. The van der Waals surface area contributed by atoms with Crippen LogP contribution in [0, 0.1) is 10.1 Å². The van der Waals surface area contributed by atoms with E-state index in [1.54, 1.807) is 0 Å². The highest BCUT2D eigenvalue weighted by atomic mass is 16.6. The molecule has 0 aromatic heterocycles. The first-order valence-electron chi connectivity index (χ1n) is 7.29. The van der Waals surface area contributed by atoms with Gasteiger partial charge in [0.2, 0.25) is 5.91 Å². The summed E-state index contributed by atoms with van der Waals surface area (Å²) in [5.74, 6) is -1.97. The third-order valence-corrected chi connectivity index (χ3v) is 3.60. The van der Waals surface area contributed by atoms with Crippen molar-refractivity contribution in [3.05, 3.63) is 39.4 Å². The summed E-state index contributed by atoms with van der Waals surface area (Å²) in [5, 5.41) is 13.7. The Labute approximate surface area is 132 Å². The molecule has 122 valence electrons. The maximum atomic E-state index is 12.3. The third-order valence-electron chi connectivity index (χ3n) is 3.60. The fourth-order valence-corrected chi connectivity index (χ4v) is 2.58. The van der Waals surface area contributed by atoms with Crippen LogP contribution in [0.3, 0.4) is 0 Å². The van der Waals surface area contributed by atoms with E-state index in [-0.39, 0.29) is 17.2 Å². The lowest BCUT2D eigenvalue weighted by Gasteiger charge is -2.16. The van der Waals surface area contributed by atoms with Gasteiger partial charge in [-0.15, -0.1) is 0 Å². The summed E-state index contributed by atoms with van der Waals surface area (Å²) in [6.45, 7) is 3.36. The molecule has 23 heavy (non-hydrogen) atoms. The number of amides is 3. The molecule has 1 aromatic rings. The second-order valence-corrected chi connectivity index (χ2v) is 5.41. The van der Waals surface area contributed by atoms with E-state index in [1.165, 1.54) is 12.1 Å². The Morgan fingerprint density at radius 1 is 1.35 bits per heavy atom. The number of nitrogens with zero attached hydrogens (tertiary/aromatic N) is 2. The number of hydrogen-bond acceptors (Lipinski definition) is 5. The largest absolute Gasteiger partial charge is 0.352 e. The van der Waals surface area contributed by atoms with Crippen molar-refractivity contribution in [1.82, 2.24) is 10.2 Å². The van der Waals surface area contributed by atoms with Crippen LogP contribution >= 0.6 is 0 Å². The lowest BCUT2D eigenvalue weighted by molar-refractivity contribution is -0.385. The smallest absolute Gasteiger partial charge is 0.282 e. The first-order chi connectivity index (χ1) is 10.9. The zero-order valence-corrected chi connectivity index (χ0v) is 12.9. The maximum absolute atomic E-state index is 12.3. The van der Waals surface area contributed by atoms with Gasteiger partial charge in [-0.3, -0.25) is 29.4 Å². The Balaban J connectivity index is 2.19. The van der Waals surface area contributed by atoms with E-state index in [1.807, 2.05) is 13.8 Å². The van der Waals surface area contributed by atoms with Gasteiger partial charge in [0.05, 0.1) is 10.5 Å². The first kappa shape index (κ1) is 16.6. The van der Waals surface area contributed by atoms with Crippen molar-refractivity contribution in [3.63, 3.8) is 0 Å². The number of rotatable bonds is 6. The van der Waals surface area contributed by atoms with Crippen LogP contribution in [0.2, 0.25) is 0 Å². The molecule has 2 rings (SSSR count). The van der Waals surface area contributed by atoms with E-state index < -0.39 is 34.9 Å². The molecular formula is C15H17N3O5. The molecule has 1 atom stereocenters. The number of imide groups is 1. The fourth-order valence-electron chi connectivity index (χ4n) is 2.58. The topological polar surface area (TPSA) is 110 Å². The number of nitro groups is 1. The van der Waals surface area contributed by atoms with Gasteiger partial charge >= 0.3 is 0 Å². The van der Waals surface area contributed by atoms with Gasteiger partial charge in [0.1, 0.15) is 12.1 Å². The number of nitrogens with one attached hydrogen (secondary N) is 1. The van der Waals surface area contributed by atoms with Crippen LogP contribution in [0.5, 0.6) is 0 Å². The Hall–Kier alpha value is -2.77. The Morgan fingerprint density at radius 2 is 2.04 bits per heavy atom. The summed E-state index contributed by atoms with van der Waals surface area (Å²) in [4.78, 5) is 47.5. The summed E-state index contributed by atoms with van der Waals surface area (Å²) < 4.78 is 0. The van der Waals surface area contributed by atoms with Gasteiger partial charge in [-0.1, -0.05) is 19.4 Å². The summed E-state index contributed by atoms with van der Waals surface area (Å²) >= 11 is 0. The van der Waals surface area contributed by atoms with Gasteiger partial charge in [0, 0.05) is 12.1 Å². The molecule has 1 aromatic carbocycles. The molecular weight excluding hydrogens is 302 g/mol. The third kappa shape index (κ3) is 3.20. The van der Waals surface area contributed by atoms with Crippen molar-refractivity contribution < 1.29 is 19.3 Å². The van der Waals surface area contributed by atoms with Gasteiger partial charge in [-0.2, -0.15) is 0 Å². The molecule has 1 aliphatic rings. The van der Waals surface area contributed by atoms with Gasteiger partial charge in [0.25, 0.3) is 17.5 Å². The van der Waals surface area contributed by atoms with E-state index in [2.05, 4.69) is 5.32 Å². The average molecular weight is 319 g/mol. The lowest BCUT2D eigenvalue weighted by atomic mass is 10.1. The predicted octanol–water partition coefficient (Wildman–Crippen LogP) is 1.50. The summed E-state index contributed by atoms with van der Waals surface area (Å²) in [5.41, 5.74) is -0.723. The van der Waals surface area contributed by atoms with Crippen LogP contribution in [0.15, 0.2) is 18.2 Å². The number of fused-ring (bicyclic) bond motifs is 1. The number of carbonyl (C=O) groups excluding carboxylic acids is 3. The van der Waals surface area contributed by atoms with E-state index >= 15 is 0 Å². The number of carbonyl (C=O) groups is 3. The van der Waals surface area contributed by atoms with Gasteiger partial charge in [0.15, 0.2) is 0 Å². The minimum absolute atomic E-state index is 0.0430. The van der Waals surface area contributed by atoms with Crippen molar-refractivity contribution in [1.29, 1.82) is 0 Å². The monoisotopic (exact) mass is 319 g/mol. The zero-order chi connectivity index (χ0) is 17.1. The molecule has 0 aliphatic carbocycles. The lowest BCUT2D eigenvalue weighted by Crippen LogP contribution is -2.43. The summed E-state index contributed by atoms with van der Waals surface area (Å²) in [6, 6.07) is 3.78. The first-order valence-corrected chi connectivity index (χ1v) is 7.29. The van der Waals surface area contributed by atoms with Crippen LogP contribution in [-0.2, 0) is 4.79 Å². The van der Waals surface area contributed by atoms with Crippen molar-refractivity contribution in [3.8, 4) is 0 Å². The fraction of sp³-hybridized carbons (Fsp3) is 0.400. The molecule has 3 amide bonds. The molecule has 0 saturated heterocycles. The van der Waals surface area contributed by atoms with Crippen LogP contribution in [0.1, 0.15) is 47.4 Å². The molecule has 1 heterocycles. The van der Waals surface area contributed by atoms with E-state index in [0.717, 1.165) is 23.8 Å².